The van der Waals surface area contributed by atoms with Crippen molar-refractivity contribution in [2.75, 3.05) is 0 Å². The van der Waals surface area contributed by atoms with Crippen molar-refractivity contribution >= 4 is 0 Å². The molecule has 3 unspecified atom stereocenters. The maximum atomic E-state index is 2.55. The van der Waals surface area contributed by atoms with Crippen LogP contribution in [-0.2, 0) is 30.1 Å². The van der Waals surface area contributed by atoms with Gasteiger partial charge in [0.05, 0.1) is 0 Å². The largest absolute Gasteiger partial charge is 1.00 e. The second kappa shape index (κ2) is 8.11. The third kappa shape index (κ3) is 3.08. The SMILES string of the molecule is CC1CCC2=C(C1(C)c1ccccc1)C(C)(C)C(C)(C)[C]2([Zr+2])C1=CC=CC1.[Cl-].[Cl-]. The van der Waals surface area contributed by atoms with Crippen LogP contribution >= 0.6 is 0 Å². The quantitative estimate of drug-likeness (QED) is 0.530. The average Bonchev–Trinajstić information content (AvgIpc) is 3.21. The van der Waals surface area contributed by atoms with Crippen LogP contribution in [0.5, 0.6) is 0 Å². The summed E-state index contributed by atoms with van der Waals surface area (Å²) < 4.78 is 0.234. The minimum atomic E-state index is 0. The second-order valence-corrected chi connectivity index (χ2v) is 12.0. The Morgan fingerprint density at radius 1 is 0.966 bits per heavy atom. The number of allylic oxidation sites excluding steroid dienone is 6. The Morgan fingerprint density at radius 2 is 1.59 bits per heavy atom. The second-order valence-electron chi connectivity index (χ2n) is 10.2. The summed E-state index contributed by atoms with van der Waals surface area (Å²) in [5.41, 5.74) is 7.24. The van der Waals surface area contributed by atoms with Crippen LogP contribution in [0.3, 0.4) is 0 Å². The topological polar surface area (TPSA) is 0 Å². The number of halogens is 2. The molecule has 0 heterocycles. The van der Waals surface area contributed by atoms with Crippen molar-refractivity contribution < 1.29 is 49.5 Å². The molecule has 0 aromatic heterocycles. The van der Waals surface area contributed by atoms with Gasteiger partial charge in [-0.2, -0.15) is 0 Å². The van der Waals surface area contributed by atoms with Crippen molar-refractivity contribution in [1.29, 1.82) is 0 Å². The van der Waals surface area contributed by atoms with Gasteiger partial charge >= 0.3 is 182 Å². The van der Waals surface area contributed by atoms with E-state index in [1.807, 2.05) is 0 Å². The smallest absolute Gasteiger partial charge is 1.00 e. The third-order valence-electron chi connectivity index (χ3n) is 8.84. The van der Waals surface area contributed by atoms with Gasteiger partial charge in [0.15, 0.2) is 0 Å². The first-order valence-electron chi connectivity index (χ1n) is 10.5. The van der Waals surface area contributed by atoms with Crippen molar-refractivity contribution in [3.63, 3.8) is 0 Å². The maximum absolute atomic E-state index is 2.55. The molecular weight excluding hydrogens is 474 g/mol. The van der Waals surface area contributed by atoms with Crippen LogP contribution in [0.2, 0.25) is 3.12 Å². The average molecular weight is 508 g/mol. The molecule has 0 spiro atoms. The molecule has 0 fully saturated rings. The molecule has 3 aliphatic rings. The third-order valence-corrected chi connectivity index (χ3v) is 11.9. The summed E-state index contributed by atoms with van der Waals surface area (Å²) in [7, 11) is 0. The van der Waals surface area contributed by atoms with Gasteiger partial charge in [0.2, 0.25) is 0 Å². The Kier molecular flexibility index (Phi) is 7.04. The minimum absolute atomic E-state index is 0. The van der Waals surface area contributed by atoms with E-state index in [0.29, 0.717) is 5.92 Å². The molecular formula is C26H33Cl2Zr. The summed E-state index contributed by atoms with van der Waals surface area (Å²) in [6.07, 6.45) is 10.8. The van der Waals surface area contributed by atoms with Crippen molar-refractivity contribution in [2.45, 2.75) is 69.3 Å². The first-order chi connectivity index (χ1) is 12.6. The fraction of sp³-hybridized carbons (Fsp3) is 0.538. The summed E-state index contributed by atoms with van der Waals surface area (Å²) in [5.74, 6) is 0.669. The standard InChI is InChI=1S/C26H33.2ClH.Zr/c1-18-16-17-21-22(19-12-10-11-13-19)24(2,3)25(4,5)23(21)26(18,6)20-14-8-7-9-15-20;;;/h7-12,14-15,18H,13,16-17H2,1-6H3;2*1H;/q;;;+2/p-2. The molecule has 155 valence electrons. The molecule has 0 radical (unpaired) electrons. The Bertz CT molecular complexity index is 862. The molecule has 3 aliphatic carbocycles. The van der Waals surface area contributed by atoms with Crippen LogP contribution in [0.1, 0.15) is 66.4 Å². The molecule has 0 aliphatic heterocycles. The Balaban J connectivity index is 0.00000150. The molecule has 0 saturated carbocycles. The van der Waals surface area contributed by atoms with Crippen LogP contribution in [-0.4, -0.2) is 0 Å². The van der Waals surface area contributed by atoms with E-state index < -0.39 is 0 Å². The van der Waals surface area contributed by atoms with E-state index in [9.17, 15) is 0 Å². The number of hydrogen-bond donors (Lipinski definition) is 0. The monoisotopic (exact) mass is 505 g/mol. The van der Waals surface area contributed by atoms with Crippen LogP contribution in [0.25, 0.3) is 0 Å². The maximum Gasteiger partial charge on any atom is -1.00 e. The zero-order chi connectivity index (χ0) is 19.7. The molecule has 3 atom stereocenters. The van der Waals surface area contributed by atoms with Crippen molar-refractivity contribution in [3.8, 4) is 0 Å². The van der Waals surface area contributed by atoms with Crippen LogP contribution in [0.4, 0.5) is 0 Å². The van der Waals surface area contributed by atoms with Crippen LogP contribution in [0.15, 0.2) is 65.3 Å². The molecule has 1 aromatic carbocycles. The van der Waals surface area contributed by atoms with Crippen LogP contribution in [0, 0.1) is 16.7 Å². The summed E-state index contributed by atoms with van der Waals surface area (Å²) in [5, 5.41) is 0. The zero-order valence-corrected chi connectivity index (χ0v) is 22.5. The van der Waals surface area contributed by atoms with Gasteiger partial charge in [-0.15, -0.1) is 0 Å². The Hall–Kier alpha value is -0.0969. The Morgan fingerprint density at radius 3 is 2.14 bits per heavy atom. The fourth-order valence-electron chi connectivity index (χ4n) is 6.43. The molecule has 0 saturated heterocycles. The van der Waals surface area contributed by atoms with Gasteiger partial charge in [-0.3, -0.25) is 0 Å². The predicted octanol–water partition coefficient (Wildman–Crippen LogP) is 1.34. The predicted molar refractivity (Wildman–Crippen MR) is 111 cm³/mol. The van der Waals surface area contributed by atoms with Crippen molar-refractivity contribution in [2.24, 2.45) is 16.7 Å². The van der Waals surface area contributed by atoms with Gasteiger partial charge < -0.3 is 24.8 Å². The van der Waals surface area contributed by atoms with E-state index in [4.69, 9.17) is 0 Å². The van der Waals surface area contributed by atoms with Gasteiger partial charge in [0.25, 0.3) is 0 Å². The molecule has 3 heteroatoms. The summed E-state index contributed by atoms with van der Waals surface area (Å²) >= 11 is 1.67. The molecule has 1 aromatic rings. The van der Waals surface area contributed by atoms with Gasteiger partial charge in [-0.25, -0.2) is 0 Å². The minimum Gasteiger partial charge on any atom is -1.00 e. The zero-order valence-electron chi connectivity index (χ0n) is 18.6. The number of hydrogen-bond acceptors (Lipinski definition) is 0. The molecule has 0 amide bonds. The normalized spacial score (nSPS) is 34.2. The number of benzene rings is 1. The first-order valence-corrected chi connectivity index (χ1v) is 11.7. The summed E-state index contributed by atoms with van der Waals surface area (Å²) in [6.45, 7) is 15.2. The van der Waals surface area contributed by atoms with E-state index in [1.165, 1.54) is 18.4 Å². The van der Waals surface area contributed by atoms with Gasteiger partial charge in [-0.1, -0.05) is 0 Å². The summed E-state index contributed by atoms with van der Waals surface area (Å²) in [6, 6.07) is 11.3. The van der Waals surface area contributed by atoms with Crippen LogP contribution < -0.4 is 24.8 Å². The molecule has 0 N–H and O–H groups in total. The summed E-state index contributed by atoms with van der Waals surface area (Å²) in [4.78, 5) is 0. The van der Waals surface area contributed by atoms with E-state index >= 15 is 0 Å². The molecule has 0 bridgehead atoms. The fourth-order valence-corrected chi connectivity index (χ4v) is 8.27. The van der Waals surface area contributed by atoms with E-state index in [-0.39, 0.29) is 44.2 Å². The van der Waals surface area contributed by atoms with E-state index in [1.54, 1.807) is 41.4 Å². The first kappa shape index (κ1) is 25.2. The Labute approximate surface area is 205 Å². The van der Waals surface area contributed by atoms with E-state index in [2.05, 4.69) is 90.1 Å². The molecule has 4 rings (SSSR count). The van der Waals surface area contributed by atoms with Gasteiger partial charge in [0.1, 0.15) is 0 Å². The van der Waals surface area contributed by atoms with Gasteiger partial charge in [-0.05, 0) is 0 Å². The van der Waals surface area contributed by atoms with E-state index in [0.717, 1.165) is 6.42 Å². The van der Waals surface area contributed by atoms with Gasteiger partial charge in [0, 0.05) is 0 Å². The van der Waals surface area contributed by atoms with Crippen molar-refractivity contribution in [1.82, 2.24) is 0 Å². The molecule has 29 heavy (non-hydrogen) atoms. The number of rotatable bonds is 2. The van der Waals surface area contributed by atoms with Crippen molar-refractivity contribution in [3.05, 3.63) is 70.8 Å². The molecule has 0 nitrogen and oxygen atoms in total.